The molecule has 0 aromatic heterocycles. The standard InChI is InChI=1S/C26H38N4O3/c1-19-7-5-6-8-20(19)17-28-13-15-29(16-14-28)22(31)18-30-23(32)26(27-24(30)33)11-9-21(10-12-26)25(2,3)4/h5-8,21H,9-18H2,1-4H3,(H,27,33). The van der Waals surface area contributed by atoms with Crippen LogP contribution >= 0.6 is 0 Å². The number of imide groups is 1. The van der Waals surface area contributed by atoms with Gasteiger partial charge in [-0.15, -0.1) is 0 Å². The van der Waals surface area contributed by atoms with Gasteiger partial charge in [0.25, 0.3) is 5.91 Å². The average molecular weight is 455 g/mol. The van der Waals surface area contributed by atoms with Crippen molar-refractivity contribution in [2.45, 2.75) is 65.5 Å². The van der Waals surface area contributed by atoms with Crippen LogP contribution in [0.2, 0.25) is 0 Å². The maximum Gasteiger partial charge on any atom is 0.325 e. The summed E-state index contributed by atoms with van der Waals surface area (Å²) in [6, 6.07) is 7.96. The molecule has 4 amide bonds. The maximum absolute atomic E-state index is 13.2. The monoisotopic (exact) mass is 454 g/mol. The number of aryl methyl sites for hydroxylation is 1. The van der Waals surface area contributed by atoms with Gasteiger partial charge in [-0.05, 0) is 55.1 Å². The first-order valence-electron chi connectivity index (χ1n) is 12.3. The highest BCUT2D eigenvalue weighted by Crippen LogP contribution is 2.43. The molecule has 1 spiro atoms. The Bertz CT molecular complexity index is 906. The van der Waals surface area contributed by atoms with Crippen LogP contribution < -0.4 is 5.32 Å². The third kappa shape index (κ3) is 4.93. The number of rotatable bonds is 4. The van der Waals surface area contributed by atoms with E-state index in [4.69, 9.17) is 0 Å². The largest absolute Gasteiger partial charge is 0.339 e. The zero-order chi connectivity index (χ0) is 23.8. The van der Waals surface area contributed by atoms with Crippen molar-refractivity contribution >= 4 is 17.8 Å². The number of amides is 4. The molecule has 1 N–H and O–H groups in total. The molecule has 0 radical (unpaired) electrons. The molecule has 33 heavy (non-hydrogen) atoms. The number of hydrogen-bond acceptors (Lipinski definition) is 4. The molecule has 1 aromatic rings. The Kier molecular flexibility index (Phi) is 6.54. The lowest BCUT2D eigenvalue weighted by Crippen LogP contribution is -2.53. The van der Waals surface area contributed by atoms with Crippen molar-refractivity contribution in [2.24, 2.45) is 11.3 Å². The number of nitrogens with one attached hydrogen (secondary N) is 1. The Balaban J connectivity index is 1.30. The number of urea groups is 1. The highest BCUT2D eigenvalue weighted by Gasteiger charge is 2.53. The Morgan fingerprint density at radius 3 is 2.30 bits per heavy atom. The molecule has 2 heterocycles. The number of carbonyl (C=O) groups excluding carboxylic acids is 3. The van der Waals surface area contributed by atoms with Crippen molar-refractivity contribution in [1.29, 1.82) is 0 Å². The number of nitrogens with zero attached hydrogens (tertiary/aromatic N) is 3. The highest BCUT2D eigenvalue weighted by molar-refractivity contribution is 6.09. The maximum atomic E-state index is 13.2. The molecule has 0 bridgehead atoms. The Hall–Kier alpha value is -2.41. The molecule has 7 nitrogen and oxygen atoms in total. The molecule has 4 rings (SSSR count). The zero-order valence-electron chi connectivity index (χ0n) is 20.5. The van der Waals surface area contributed by atoms with Crippen LogP contribution in [-0.4, -0.2) is 70.8 Å². The molecule has 180 valence electrons. The molecular formula is C26H38N4O3. The summed E-state index contributed by atoms with van der Waals surface area (Å²) >= 11 is 0. The van der Waals surface area contributed by atoms with Crippen molar-refractivity contribution in [3.63, 3.8) is 0 Å². The topological polar surface area (TPSA) is 73.0 Å². The van der Waals surface area contributed by atoms with Gasteiger partial charge in [0.05, 0.1) is 0 Å². The van der Waals surface area contributed by atoms with Crippen molar-refractivity contribution in [3.05, 3.63) is 35.4 Å². The first-order chi connectivity index (χ1) is 15.6. The SMILES string of the molecule is Cc1ccccc1CN1CCN(C(=O)CN2C(=O)NC3(CCC(C(C)(C)C)CC3)C2=O)CC1. The fourth-order valence-corrected chi connectivity index (χ4v) is 5.55. The highest BCUT2D eigenvalue weighted by atomic mass is 16.2. The molecule has 1 aromatic carbocycles. The minimum Gasteiger partial charge on any atom is -0.339 e. The van der Waals surface area contributed by atoms with Gasteiger partial charge in [-0.25, -0.2) is 4.79 Å². The van der Waals surface area contributed by atoms with E-state index in [1.165, 1.54) is 11.1 Å². The number of piperazine rings is 1. The van der Waals surface area contributed by atoms with Gasteiger partial charge in [-0.2, -0.15) is 0 Å². The van der Waals surface area contributed by atoms with E-state index in [2.05, 4.69) is 56.1 Å². The van der Waals surface area contributed by atoms with E-state index in [9.17, 15) is 14.4 Å². The van der Waals surface area contributed by atoms with E-state index in [1.807, 2.05) is 6.07 Å². The predicted octanol–water partition coefficient (Wildman–Crippen LogP) is 3.17. The van der Waals surface area contributed by atoms with E-state index in [-0.39, 0.29) is 23.8 Å². The Morgan fingerprint density at radius 2 is 1.70 bits per heavy atom. The van der Waals surface area contributed by atoms with Gasteiger partial charge in [-0.3, -0.25) is 19.4 Å². The van der Waals surface area contributed by atoms with Crippen LogP contribution in [0.15, 0.2) is 24.3 Å². The van der Waals surface area contributed by atoms with Crippen molar-refractivity contribution in [1.82, 2.24) is 20.0 Å². The summed E-state index contributed by atoms with van der Waals surface area (Å²) in [5.41, 5.74) is 1.97. The van der Waals surface area contributed by atoms with Gasteiger partial charge in [-0.1, -0.05) is 45.0 Å². The van der Waals surface area contributed by atoms with Crippen LogP contribution in [0.5, 0.6) is 0 Å². The lowest BCUT2D eigenvalue weighted by Gasteiger charge is -2.40. The van der Waals surface area contributed by atoms with Crippen LogP contribution in [0.3, 0.4) is 0 Å². The van der Waals surface area contributed by atoms with Crippen molar-refractivity contribution in [3.8, 4) is 0 Å². The average Bonchev–Trinajstić information content (AvgIpc) is 2.99. The van der Waals surface area contributed by atoms with Crippen LogP contribution in [0.1, 0.15) is 57.6 Å². The van der Waals surface area contributed by atoms with Gasteiger partial charge in [0.1, 0.15) is 12.1 Å². The molecule has 3 fully saturated rings. The van der Waals surface area contributed by atoms with E-state index in [0.717, 1.165) is 37.4 Å². The summed E-state index contributed by atoms with van der Waals surface area (Å²) in [5.74, 6) is 0.181. The second kappa shape index (κ2) is 9.09. The van der Waals surface area contributed by atoms with Crippen LogP contribution in [0.25, 0.3) is 0 Å². The molecule has 2 saturated heterocycles. The van der Waals surface area contributed by atoms with E-state index in [0.29, 0.717) is 31.8 Å². The van der Waals surface area contributed by atoms with Crippen LogP contribution in [0, 0.1) is 18.3 Å². The second-order valence-electron chi connectivity index (χ2n) is 11.1. The third-order valence-corrected chi connectivity index (χ3v) is 7.98. The summed E-state index contributed by atoms with van der Waals surface area (Å²) in [7, 11) is 0. The summed E-state index contributed by atoms with van der Waals surface area (Å²) in [5, 5.41) is 2.95. The summed E-state index contributed by atoms with van der Waals surface area (Å²) < 4.78 is 0. The van der Waals surface area contributed by atoms with Gasteiger partial charge in [0, 0.05) is 32.7 Å². The number of carbonyl (C=O) groups is 3. The molecule has 0 unspecified atom stereocenters. The molecule has 1 saturated carbocycles. The van der Waals surface area contributed by atoms with Crippen LogP contribution in [-0.2, 0) is 16.1 Å². The van der Waals surface area contributed by atoms with Gasteiger partial charge in [0.15, 0.2) is 0 Å². The lowest BCUT2D eigenvalue weighted by molar-refractivity contribution is -0.140. The second-order valence-corrected chi connectivity index (χ2v) is 11.1. The third-order valence-electron chi connectivity index (χ3n) is 7.98. The number of hydrogen-bond donors (Lipinski definition) is 1. The van der Waals surface area contributed by atoms with E-state index in [1.54, 1.807) is 4.90 Å². The van der Waals surface area contributed by atoms with Gasteiger partial charge < -0.3 is 10.2 Å². The fraction of sp³-hybridized carbons (Fsp3) is 0.654. The fourth-order valence-electron chi connectivity index (χ4n) is 5.55. The first-order valence-corrected chi connectivity index (χ1v) is 12.3. The van der Waals surface area contributed by atoms with E-state index >= 15 is 0 Å². The van der Waals surface area contributed by atoms with E-state index < -0.39 is 11.6 Å². The summed E-state index contributed by atoms with van der Waals surface area (Å²) in [6.07, 6.45) is 3.14. The normalized spacial score (nSPS) is 26.7. The molecule has 1 aliphatic carbocycles. The summed E-state index contributed by atoms with van der Waals surface area (Å²) in [4.78, 5) is 44.1. The van der Waals surface area contributed by atoms with Crippen molar-refractivity contribution in [2.75, 3.05) is 32.7 Å². The Morgan fingerprint density at radius 1 is 1.06 bits per heavy atom. The molecule has 7 heteroatoms. The number of benzene rings is 1. The lowest BCUT2D eigenvalue weighted by atomic mass is 9.67. The molecule has 0 atom stereocenters. The minimum absolute atomic E-state index is 0.144. The van der Waals surface area contributed by atoms with Gasteiger partial charge >= 0.3 is 6.03 Å². The van der Waals surface area contributed by atoms with Crippen LogP contribution in [0.4, 0.5) is 4.79 Å². The summed E-state index contributed by atoms with van der Waals surface area (Å²) in [6.45, 7) is 12.3. The quantitative estimate of drug-likeness (QED) is 0.710. The van der Waals surface area contributed by atoms with Crippen molar-refractivity contribution < 1.29 is 14.4 Å². The Labute approximate surface area is 197 Å². The predicted molar refractivity (Wildman–Crippen MR) is 127 cm³/mol. The molecule has 2 aliphatic heterocycles. The minimum atomic E-state index is -0.814. The first kappa shape index (κ1) is 23.7. The molecular weight excluding hydrogens is 416 g/mol. The van der Waals surface area contributed by atoms with Gasteiger partial charge in [0.2, 0.25) is 5.91 Å². The smallest absolute Gasteiger partial charge is 0.325 e. The zero-order valence-corrected chi connectivity index (χ0v) is 20.5. The molecule has 3 aliphatic rings.